The molecule has 68 valence electrons. The van der Waals surface area contributed by atoms with Gasteiger partial charge in [-0.15, -0.1) is 12.4 Å². The quantitative estimate of drug-likeness (QED) is 0.731. The van der Waals surface area contributed by atoms with E-state index in [0.29, 0.717) is 0 Å². The van der Waals surface area contributed by atoms with Crippen LogP contribution in [0.5, 0.6) is 0 Å². The largest absolute Gasteiger partial charge is 0.300 e. The molecule has 1 aromatic carbocycles. The molecular weight excluding hydrogens is 188 g/mol. The summed E-state index contributed by atoms with van der Waals surface area (Å²) in [4.78, 5) is 4.11. The van der Waals surface area contributed by atoms with Gasteiger partial charge in [0.2, 0.25) is 0 Å². The molecule has 1 rings (SSSR count). The van der Waals surface area contributed by atoms with Crippen molar-refractivity contribution in [1.29, 1.82) is 0 Å². The minimum atomic E-state index is -0.643. The molecule has 0 bridgehead atoms. The fraction of sp³-hybridized carbons (Fsp3) is 0.143. The molecule has 0 fully saturated rings. The van der Waals surface area contributed by atoms with E-state index >= 15 is 0 Å². The molecule has 0 saturated carbocycles. The van der Waals surface area contributed by atoms with Gasteiger partial charge < -0.3 is 0 Å². The molecule has 0 heterocycles. The van der Waals surface area contributed by atoms with Gasteiger partial charge in [0.15, 0.2) is 0 Å². The van der Waals surface area contributed by atoms with Crippen molar-refractivity contribution < 1.29 is 13.6 Å². The van der Waals surface area contributed by atoms with E-state index in [2.05, 4.69) is 10.7 Å². The molecule has 1 aromatic rings. The van der Waals surface area contributed by atoms with E-state index in [0.717, 1.165) is 12.1 Å². The zero-order chi connectivity index (χ0) is 8.27. The Hall–Kier alpha value is -0.710. The van der Waals surface area contributed by atoms with Gasteiger partial charge in [-0.3, -0.25) is 4.84 Å². The number of benzene rings is 1. The lowest BCUT2D eigenvalue weighted by molar-refractivity contribution is 0.119. The lowest BCUT2D eigenvalue weighted by Crippen LogP contribution is -2.03. The first kappa shape index (κ1) is 11.3. The van der Waals surface area contributed by atoms with E-state index in [4.69, 9.17) is 0 Å². The predicted molar refractivity (Wildman–Crippen MR) is 42.6 cm³/mol. The van der Waals surface area contributed by atoms with Gasteiger partial charge >= 0.3 is 0 Å². The molecule has 0 saturated heterocycles. The summed E-state index contributed by atoms with van der Waals surface area (Å²) in [5.74, 6) is 3.38. The minimum absolute atomic E-state index is 0. The average molecular weight is 196 g/mol. The standard InChI is InChI=1S/C7H7F2NO.ClH/c8-6-2-1-3-7(9)5(6)4-11-10;/h1-3H,4,10H2;1H. The highest BCUT2D eigenvalue weighted by molar-refractivity contribution is 5.85. The van der Waals surface area contributed by atoms with E-state index in [1.165, 1.54) is 6.07 Å². The van der Waals surface area contributed by atoms with Gasteiger partial charge in [-0.25, -0.2) is 14.7 Å². The topological polar surface area (TPSA) is 35.2 Å². The fourth-order valence-corrected chi connectivity index (χ4v) is 0.754. The summed E-state index contributed by atoms with van der Waals surface area (Å²) in [7, 11) is 0. The smallest absolute Gasteiger partial charge is 0.131 e. The highest BCUT2D eigenvalue weighted by atomic mass is 35.5. The fourth-order valence-electron chi connectivity index (χ4n) is 0.754. The lowest BCUT2D eigenvalue weighted by atomic mass is 10.2. The first-order chi connectivity index (χ1) is 5.25. The van der Waals surface area contributed by atoms with E-state index in [-0.39, 0.29) is 24.6 Å². The van der Waals surface area contributed by atoms with Crippen LogP contribution in [0.1, 0.15) is 5.56 Å². The first-order valence-corrected chi connectivity index (χ1v) is 3.00. The Balaban J connectivity index is 0.00000121. The number of nitrogens with two attached hydrogens (primary N) is 1. The Morgan fingerprint density at radius 3 is 2.17 bits per heavy atom. The number of halogens is 3. The maximum Gasteiger partial charge on any atom is 0.131 e. The Bertz CT molecular complexity index is 237. The van der Waals surface area contributed by atoms with E-state index in [1.54, 1.807) is 0 Å². The molecule has 0 aliphatic heterocycles. The number of rotatable bonds is 2. The Morgan fingerprint density at radius 2 is 1.75 bits per heavy atom. The van der Waals surface area contributed by atoms with Crippen LogP contribution in [0.15, 0.2) is 18.2 Å². The first-order valence-electron chi connectivity index (χ1n) is 3.00. The third kappa shape index (κ3) is 2.41. The predicted octanol–water partition coefficient (Wildman–Crippen LogP) is 1.78. The number of hydrogen-bond donors (Lipinski definition) is 1. The molecule has 0 spiro atoms. The van der Waals surface area contributed by atoms with Gasteiger partial charge in [0, 0.05) is 0 Å². The lowest BCUT2D eigenvalue weighted by Gasteiger charge is -2.01. The molecule has 0 atom stereocenters. The van der Waals surface area contributed by atoms with Crippen molar-refractivity contribution in [2.24, 2.45) is 5.90 Å². The van der Waals surface area contributed by atoms with E-state index in [1.807, 2.05) is 0 Å². The van der Waals surface area contributed by atoms with Gasteiger partial charge in [0.25, 0.3) is 0 Å². The van der Waals surface area contributed by atoms with Crippen molar-refractivity contribution in [2.45, 2.75) is 6.61 Å². The second-order valence-corrected chi connectivity index (χ2v) is 2.01. The maximum atomic E-state index is 12.7. The average Bonchev–Trinajstić information content (AvgIpc) is 1.97. The molecular formula is C7H8ClF2NO. The normalized spacial score (nSPS) is 9.25. The van der Waals surface area contributed by atoms with Crippen molar-refractivity contribution in [3.05, 3.63) is 35.4 Å². The van der Waals surface area contributed by atoms with Crippen molar-refractivity contribution in [1.82, 2.24) is 0 Å². The van der Waals surface area contributed by atoms with Crippen LogP contribution in [0.4, 0.5) is 8.78 Å². The molecule has 0 amide bonds. The third-order valence-corrected chi connectivity index (χ3v) is 1.29. The monoisotopic (exact) mass is 195 g/mol. The van der Waals surface area contributed by atoms with Crippen LogP contribution < -0.4 is 5.90 Å². The van der Waals surface area contributed by atoms with Crippen molar-refractivity contribution >= 4 is 12.4 Å². The number of hydrogen-bond acceptors (Lipinski definition) is 2. The Kier molecular flexibility index (Phi) is 4.73. The van der Waals surface area contributed by atoms with E-state index in [9.17, 15) is 8.78 Å². The molecule has 5 heteroatoms. The zero-order valence-corrected chi connectivity index (χ0v) is 6.91. The summed E-state index contributed by atoms with van der Waals surface area (Å²) in [6.45, 7) is -0.251. The summed E-state index contributed by atoms with van der Waals surface area (Å²) in [5.41, 5.74) is -0.144. The van der Waals surface area contributed by atoms with E-state index < -0.39 is 11.6 Å². The summed E-state index contributed by atoms with van der Waals surface area (Å²) in [6, 6.07) is 3.58. The Labute approximate surface area is 74.7 Å². The van der Waals surface area contributed by atoms with Gasteiger partial charge in [-0.2, -0.15) is 0 Å². The third-order valence-electron chi connectivity index (χ3n) is 1.29. The SMILES string of the molecule is Cl.NOCc1c(F)cccc1F. The van der Waals surface area contributed by atoms with Crippen LogP contribution in [0, 0.1) is 11.6 Å². The van der Waals surface area contributed by atoms with Gasteiger partial charge in [0.05, 0.1) is 12.2 Å². The summed E-state index contributed by atoms with van der Waals surface area (Å²) in [6.07, 6.45) is 0. The van der Waals surface area contributed by atoms with Crippen LogP contribution in [0.25, 0.3) is 0 Å². The molecule has 0 aliphatic rings. The molecule has 2 N–H and O–H groups in total. The van der Waals surface area contributed by atoms with Crippen LogP contribution in [0.3, 0.4) is 0 Å². The van der Waals surface area contributed by atoms with Crippen LogP contribution >= 0.6 is 12.4 Å². The highest BCUT2D eigenvalue weighted by Gasteiger charge is 2.06. The summed E-state index contributed by atoms with van der Waals surface area (Å²) >= 11 is 0. The molecule has 2 nitrogen and oxygen atoms in total. The highest BCUT2D eigenvalue weighted by Crippen LogP contribution is 2.11. The molecule has 0 aliphatic carbocycles. The second kappa shape index (κ2) is 5.03. The summed E-state index contributed by atoms with van der Waals surface area (Å²) in [5, 5.41) is 0. The molecule has 0 aromatic heterocycles. The van der Waals surface area contributed by atoms with Crippen LogP contribution in [-0.2, 0) is 11.4 Å². The minimum Gasteiger partial charge on any atom is -0.300 e. The van der Waals surface area contributed by atoms with Crippen LogP contribution in [-0.4, -0.2) is 0 Å². The molecule has 0 unspecified atom stereocenters. The van der Waals surface area contributed by atoms with Crippen molar-refractivity contribution in [3.8, 4) is 0 Å². The summed E-state index contributed by atoms with van der Waals surface area (Å²) < 4.78 is 25.3. The van der Waals surface area contributed by atoms with Gasteiger partial charge in [-0.05, 0) is 12.1 Å². The molecule has 0 radical (unpaired) electrons. The zero-order valence-electron chi connectivity index (χ0n) is 6.09. The maximum absolute atomic E-state index is 12.7. The van der Waals surface area contributed by atoms with Gasteiger partial charge in [-0.1, -0.05) is 6.07 Å². The van der Waals surface area contributed by atoms with Crippen molar-refractivity contribution in [2.75, 3.05) is 0 Å². The van der Waals surface area contributed by atoms with Gasteiger partial charge in [0.1, 0.15) is 11.6 Å². The molecule has 12 heavy (non-hydrogen) atoms. The Morgan fingerprint density at radius 1 is 1.25 bits per heavy atom. The van der Waals surface area contributed by atoms with Crippen molar-refractivity contribution in [3.63, 3.8) is 0 Å². The second-order valence-electron chi connectivity index (χ2n) is 2.01. The van der Waals surface area contributed by atoms with Crippen LogP contribution in [0.2, 0.25) is 0 Å².